The lowest BCUT2D eigenvalue weighted by Gasteiger charge is -2.25. The maximum atomic E-state index is 12.7. The van der Waals surface area contributed by atoms with Gasteiger partial charge in [0.1, 0.15) is 6.04 Å². The number of benzene rings is 1. The van der Waals surface area contributed by atoms with Gasteiger partial charge in [0, 0.05) is 16.0 Å². The fraction of sp³-hybridized carbons (Fsp3) is 0.286. The second kappa shape index (κ2) is 4.20. The SMILES string of the molecule is O=C1[C@@H]2C3C=CC(C3)N2C(=S)N1c1cc(Cl)cc(Cl)c1. The number of nitrogens with zero attached hydrogens (tertiary/aromatic N) is 2. The van der Waals surface area contributed by atoms with Gasteiger partial charge in [0.25, 0.3) is 5.91 Å². The predicted octanol–water partition coefficient (Wildman–Crippen LogP) is 3.25. The van der Waals surface area contributed by atoms with Crippen LogP contribution in [0.5, 0.6) is 0 Å². The molecule has 102 valence electrons. The lowest BCUT2D eigenvalue weighted by Crippen LogP contribution is -2.38. The number of anilines is 1. The summed E-state index contributed by atoms with van der Waals surface area (Å²) >= 11 is 17.5. The van der Waals surface area contributed by atoms with Crippen LogP contribution >= 0.6 is 35.4 Å². The molecule has 3 atom stereocenters. The van der Waals surface area contributed by atoms with E-state index in [2.05, 4.69) is 12.2 Å². The number of carbonyl (C=O) groups excluding carboxylic acids is 1. The molecule has 1 aliphatic carbocycles. The van der Waals surface area contributed by atoms with Crippen LogP contribution in [0.1, 0.15) is 6.42 Å². The molecule has 2 fully saturated rings. The summed E-state index contributed by atoms with van der Waals surface area (Å²) in [6.45, 7) is 0. The summed E-state index contributed by atoms with van der Waals surface area (Å²) in [6, 6.07) is 5.17. The number of hydrogen-bond acceptors (Lipinski definition) is 2. The molecule has 0 saturated carbocycles. The summed E-state index contributed by atoms with van der Waals surface area (Å²) in [5, 5.41) is 1.54. The molecule has 0 N–H and O–H groups in total. The average molecular weight is 325 g/mol. The van der Waals surface area contributed by atoms with Crippen molar-refractivity contribution in [2.45, 2.75) is 18.5 Å². The normalized spacial score (nSPS) is 30.6. The van der Waals surface area contributed by atoms with E-state index in [9.17, 15) is 4.79 Å². The molecule has 2 unspecified atom stereocenters. The van der Waals surface area contributed by atoms with Crippen LogP contribution in [0.2, 0.25) is 10.0 Å². The Labute approximate surface area is 131 Å². The smallest absolute Gasteiger partial charge is 0.256 e. The van der Waals surface area contributed by atoms with E-state index in [1.165, 1.54) is 0 Å². The van der Waals surface area contributed by atoms with Gasteiger partial charge in [0.15, 0.2) is 5.11 Å². The van der Waals surface area contributed by atoms with Gasteiger partial charge in [-0.2, -0.15) is 0 Å². The van der Waals surface area contributed by atoms with E-state index in [1.54, 1.807) is 23.1 Å². The molecule has 20 heavy (non-hydrogen) atoms. The molecule has 0 aromatic heterocycles. The molecule has 2 saturated heterocycles. The number of carbonyl (C=O) groups is 1. The Morgan fingerprint density at radius 1 is 1.15 bits per heavy atom. The quantitative estimate of drug-likeness (QED) is 0.585. The maximum Gasteiger partial charge on any atom is 0.256 e. The van der Waals surface area contributed by atoms with Gasteiger partial charge in [-0.3, -0.25) is 9.69 Å². The first-order valence-electron chi connectivity index (χ1n) is 6.37. The van der Waals surface area contributed by atoms with Crippen molar-refractivity contribution in [1.82, 2.24) is 4.90 Å². The number of rotatable bonds is 1. The molecule has 1 aromatic rings. The number of fused-ring (bicyclic) bond motifs is 5. The summed E-state index contributed by atoms with van der Waals surface area (Å²) in [6.07, 6.45) is 5.25. The van der Waals surface area contributed by atoms with Gasteiger partial charge in [0.05, 0.1) is 11.7 Å². The molecule has 1 amide bonds. The fourth-order valence-electron chi connectivity index (χ4n) is 3.37. The second-order valence-electron chi connectivity index (χ2n) is 5.29. The monoisotopic (exact) mass is 324 g/mol. The van der Waals surface area contributed by atoms with Crippen molar-refractivity contribution in [2.75, 3.05) is 4.90 Å². The van der Waals surface area contributed by atoms with E-state index < -0.39 is 0 Å². The van der Waals surface area contributed by atoms with Crippen molar-refractivity contribution < 1.29 is 4.79 Å². The second-order valence-corrected chi connectivity index (χ2v) is 6.53. The van der Waals surface area contributed by atoms with Crippen LogP contribution in [0, 0.1) is 5.92 Å². The van der Waals surface area contributed by atoms with Gasteiger partial charge in [0.2, 0.25) is 0 Å². The first kappa shape index (κ1) is 12.6. The number of hydrogen-bond donors (Lipinski definition) is 0. The Balaban J connectivity index is 1.78. The van der Waals surface area contributed by atoms with Gasteiger partial charge in [-0.05, 0) is 36.8 Å². The molecule has 0 spiro atoms. The predicted molar refractivity (Wildman–Crippen MR) is 83.2 cm³/mol. The molecule has 4 rings (SSSR count). The van der Waals surface area contributed by atoms with Crippen molar-refractivity contribution >= 4 is 52.1 Å². The third kappa shape index (κ3) is 1.59. The summed E-state index contributed by atoms with van der Waals surface area (Å²) in [5.74, 6) is 0.287. The Bertz CT molecular complexity index is 625. The molecule has 2 aliphatic heterocycles. The van der Waals surface area contributed by atoms with E-state index in [0.29, 0.717) is 20.8 Å². The summed E-state index contributed by atoms with van der Waals surface area (Å²) in [4.78, 5) is 16.3. The Morgan fingerprint density at radius 2 is 1.85 bits per heavy atom. The maximum absolute atomic E-state index is 12.7. The molecular formula is C14H10Cl2N2OS. The van der Waals surface area contributed by atoms with Gasteiger partial charge in [-0.25, -0.2) is 0 Å². The van der Waals surface area contributed by atoms with E-state index in [1.807, 2.05) is 4.90 Å². The number of halogens is 2. The molecule has 2 heterocycles. The van der Waals surface area contributed by atoms with Gasteiger partial charge < -0.3 is 4.90 Å². The Hall–Kier alpha value is -1.10. The topological polar surface area (TPSA) is 23.6 Å². The van der Waals surface area contributed by atoms with Crippen molar-refractivity contribution in [2.24, 2.45) is 5.92 Å². The van der Waals surface area contributed by atoms with Crippen molar-refractivity contribution in [3.05, 3.63) is 40.4 Å². The molecule has 6 heteroatoms. The van der Waals surface area contributed by atoms with Crippen LogP contribution in [-0.2, 0) is 4.79 Å². The van der Waals surface area contributed by atoms with Crippen molar-refractivity contribution in [3.8, 4) is 0 Å². The van der Waals surface area contributed by atoms with Crippen molar-refractivity contribution in [3.63, 3.8) is 0 Å². The first-order chi connectivity index (χ1) is 9.56. The lowest BCUT2D eigenvalue weighted by atomic mass is 10.0. The lowest BCUT2D eigenvalue weighted by molar-refractivity contribution is -0.119. The summed E-state index contributed by atoms with van der Waals surface area (Å²) < 4.78 is 0. The summed E-state index contributed by atoms with van der Waals surface area (Å²) in [7, 11) is 0. The highest BCUT2D eigenvalue weighted by Gasteiger charge is 2.55. The van der Waals surface area contributed by atoms with Crippen LogP contribution in [0.4, 0.5) is 5.69 Å². The first-order valence-corrected chi connectivity index (χ1v) is 7.53. The highest BCUT2D eigenvalue weighted by Crippen LogP contribution is 2.44. The largest absolute Gasteiger partial charge is 0.329 e. The zero-order valence-electron chi connectivity index (χ0n) is 10.3. The van der Waals surface area contributed by atoms with E-state index in [0.717, 1.165) is 6.42 Å². The summed E-state index contributed by atoms with van der Waals surface area (Å²) in [5.41, 5.74) is 0.645. The highest BCUT2D eigenvalue weighted by atomic mass is 35.5. The zero-order chi connectivity index (χ0) is 14.0. The average Bonchev–Trinajstić information content (AvgIpc) is 3.02. The molecule has 1 aromatic carbocycles. The molecular weight excluding hydrogens is 315 g/mol. The molecule has 2 bridgehead atoms. The Kier molecular flexibility index (Phi) is 2.65. The fourth-order valence-corrected chi connectivity index (χ4v) is 4.33. The van der Waals surface area contributed by atoms with Crippen LogP contribution in [-0.4, -0.2) is 28.0 Å². The molecule has 3 nitrogen and oxygen atoms in total. The molecule has 0 radical (unpaired) electrons. The third-order valence-electron chi connectivity index (χ3n) is 4.15. The van der Waals surface area contributed by atoms with Crippen LogP contribution in [0.25, 0.3) is 0 Å². The highest BCUT2D eigenvalue weighted by molar-refractivity contribution is 7.80. The van der Waals surface area contributed by atoms with E-state index >= 15 is 0 Å². The van der Waals surface area contributed by atoms with Gasteiger partial charge in [-0.1, -0.05) is 35.4 Å². The standard InChI is InChI=1S/C14H10Cl2N2OS/c15-8-4-9(16)6-11(5-8)18-13(19)12-7-1-2-10(3-7)17(12)14(18)20/h1-2,4-7,10,12H,3H2/t7?,10?,12-/m0/s1. The Morgan fingerprint density at radius 3 is 2.50 bits per heavy atom. The minimum absolute atomic E-state index is 0.0187. The third-order valence-corrected chi connectivity index (χ3v) is 4.98. The van der Waals surface area contributed by atoms with E-state index in [4.69, 9.17) is 35.4 Å². The zero-order valence-corrected chi connectivity index (χ0v) is 12.6. The van der Waals surface area contributed by atoms with Crippen LogP contribution in [0.3, 0.4) is 0 Å². The number of amides is 1. The minimum atomic E-state index is -0.157. The van der Waals surface area contributed by atoms with Crippen molar-refractivity contribution in [1.29, 1.82) is 0 Å². The van der Waals surface area contributed by atoms with Crippen LogP contribution < -0.4 is 4.90 Å². The molecule has 3 aliphatic rings. The van der Waals surface area contributed by atoms with Gasteiger partial charge in [-0.15, -0.1) is 0 Å². The van der Waals surface area contributed by atoms with E-state index in [-0.39, 0.29) is 23.9 Å². The van der Waals surface area contributed by atoms with Gasteiger partial charge >= 0.3 is 0 Å². The number of thiocarbonyl (C=S) groups is 1. The minimum Gasteiger partial charge on any atom is -0.329 e. The van der Waals surface area contributed by atoms with Crippen LogP contribution in [0.15, 0.2) is 30.4 Å².